The molecule has 0 spiro atoms. The quantitative estimate of drug-likeness (QED) is 0.807. The topological polar surface area (TPSA) is 39.2 Å². The normalized spacial score (nSPS) is 17.8. The van der Waals surface area contributed by atoms with Gasteiger partial charge in [0, 0.05) is 16.2 Å². The molecule has 0 saturated carbocycles. The van der Waals surface area contributed by atoms with Crippen LogP contribution in [0.4, 0.5) is 0 Å². The Bertz CT molecular complexity index is 589. The molecule has 2 heterocycles. The summed E-state index contributed by atoms with van der Waals surface area (Å²) in [5.74, 6) is -0.256. The summed E-state index contributed by atoms with van der Waals surface area (Å²) < 4.78 is 5.18. The maximum atomic E-state index is 12.0. The van der Waals surface area contributed by atoms with Gasteiger partial charge >= 0.3 is 5.97 Å². The van der Waals surface area contributed by atoms with Gasteiger partial charge in [-0.3, -0.25) is 4.79 Å². The Kier molecular flexibility index (Phi) is 4.17. The number of aryl methyl sites for hydroxylation is 1. The van der Waals surface area contributed by atoms with E-state index in [9.17, 15) is 4.79 Å². The number of thiophene rings is 1. The minimum Gasteiger partial charge on any atom is -0.465 e. The van der Waals surface area contributed by atoms with E-state index in [0.717, 1.165) is 36.4 Å². The first-order chi connectivity index (χ1) is 9.78. The maximum Gasteiger partial charge on any atom is 0.315 e. The molecule has 3 rings (SSSR count). The molecule has 5 heteroatoms. The van der Waals surface area contributed by atoms with Crippen LogP contribution in [0, 0.1) is 0 Å². The lowest BCUT2D eigenvalue weighted by Crippen LogP contribution is -2.20. The van der Waals surface area contributed by atoms with Gasteiger partial charge in [-0.05, 0) is 37.6 Å². The molecule has 106 valence electrons. The zero-order valence-corrected chi connectivity index (χ0v) is 13.1. The van der Waals surface area contributed by atoms with Gasteiger partial charge in [-0.1, -0.05) is 6.07 Å². The predicted octanol–water partition coefficient (Wildman–Crippen LogP) is 3.78. The molecule has 0 bridgehead atoms. The molecule has 1 atom stereocenters. The van der Waals surface area contributed by atoms with Crippen LogP contribution in [-0.2, 0) is 22.4 Å². The zero-order valence-electron chi connectivity index (χ0n) is 11.4. The van der Waals surface area contributed by atoms with E-state index in [1.54, 1.807) is 22.7 Å². The van der Waals surface area contributed by atoms with Gasteiger partial charge in [0.25, 0.3) is 0 Å². The Morgan fingerprint density at radius 2 is 2.45 bits per heavy atom. The fourth-order valence-electron chi connectivity index (χ4n) is 2.58. The summed E-state index contributed by atoms with van der Waals surface area (Å²) in [6.45, 7) is 2.29. The molecule has 0 amide bonds. The summed E-state index contributed by atoms with van der Waals surface area (Å²) >= 11 is 3.51. The molecule has 0 N–H and O–H groups in total. The van der Waals surface area contributed by atoms with Crippen LogP contribution in [0.25, 0.3) is 0 Å². The third-order valence-corrected chi connectivity index (χ3v) is 5.48. The second-order valence-electron chi connectivity index (χ2n) is 4.87. The molecule has 0 aliphatic heterocycles. The van der Waals surface area contributed by atoms with Crippen LogP contribution in [0.3, 0.4) is 0 Å². The van der Waals surface area contributed by atoms with E-state index in [4.69, 9.17) is 9.72 Å². The third-order valence-electron chi connectivity index (χ3n) is 3.48. The summed E-state index contributed by atoms with van der Waals surface area (Å²) in [7, 11) is 0. The van der Waals surface area contributed by atoms with Gasteiger partial charge < -0.3 is 4.74 Å². The number of thiazole rings is 1. The first-order valence-corrected chi connectivity index (χ1v) is 8.65. The van der Waals surface area contributed by atoms with Crippen molar-refractivity contribution in [3.8, 4) is 0 Å². The van der Waals surface area contributed by atoms with Gasteiger partial charge in [0.15, 0.2) is 0 Å². The number of fused-ring (bicyclic) bond motifs is 1. The van der Waals surface area contributed by atoms with Crippen LogP contribution < -0.4 is 0 Å². The maximum absolute atomic E-state index is 12.0. The van der Waals surface area contributed by atoms with E-state index in [2.05, 4.69) is 17.5 Å². The van der Waals surface area contributed by atoms with Gasteiger partial charge in [0.1, 0.15) is 5.92 Å². The second kappa shape index (κ2) is 6.06. The number of nitrogens with zero attached hydrogens (tertiary/aromatic N) is 1. The van der Waals surface area contributed by atoms with Crippen LogP contribution in [0.15, 0.2) is 17.5 Å². The van der Waals surface area contributed by atoms with Crippen molar-refractivity contribution in [3.05, 3.63) is 38.0 Å². The number of aromatic nitrogens is 1. The Morgan fingerprint density at radius 3 is 3.20 bits per heavy atom. The van der Waals surface area contributed by atoms with E-state index >= 15 is 0 Å². The average Bonchev–Trinajstić information content (AvgIpc) is 3.07. The van der Waals surface area contributed by atoms with E-state index in [0.29, 0.717) is 6.61 Å². The minimum absolute atomic E-state index is 0.110. The first kappa shape index (κ1) is 13.8. The number of hydrogen-bond acceptors (Lipinski definition) is 5. The van der Waals surface area contributed by atoms with Crippen molar-refractivity contribution in [2.75, 3.05) is 6.61 Å². The Morgan fingerprint density at radius 1 is 1.55 bits per heavy atom. The summed E-state index contributed by atoms with van der Waals surface area (Å²) in [5.41, 5.74) is 0.978. The summed E-state index contributed by atoms with van der Waals surface area (Å²) in [6, 6.07) is 4.20. The molecular weight excluding hydrogens is 290 g/mol. The summed E-state index contributed by atoms with van der Waals surface area (Å²) in [4.78, 5) is 19.4. The Balaban J connectivity index is 1.83. The van der Waals surface area contributed by atoms with Crippen LogP contribution in [0.5, 0.6) is 0 Å². The minimum atomic E-state index is -0.146. The molecule has 0 aromatic carbocycles. The van der Waals surface area contributed by atoms with E-state index in [1.165, 1.54) is 9.75 Å². The lowest BCUT2D eigenvalue weighted by Gasteiger charge is -2.19. The molecule has 0 radical (unpaired) electrons. The van der Waals surface area contributed by atoms with E-state index < -0.39 is 0 Å². The lowest BCUT2D eigenvalue weighted by molar-refractivity contribution is -0.145. The van der Waals surface area contributed by atoms with Crippen molar-refractivity contribution in [1.29, 1.82) is 0 Å². The van der Waals surface area contributed by atoms with Crippen molar-refractivity contribution in [2.24, 2.45) is 0 Å². The second-order valence-corrected chi connectivity index (χ2v) is 7.07. The molecule has 2 aromatic heterocycles. The van der Waals surface area contributed by atoms with Gasteiger partial charge in [-0.25, -0.2) is 4.98 Å². The van der Waals surface area contributed by atoms with Crippen molar-refractivity contribution in [1.82, 2.24) is 4.98 Å². The number of carbonyl (C=O) groups is 1. The smallest absolute Gasteiger partial charge is 0.315 e. The highest BCUT2D eigenvalue weighted by molar-refractivity contribution is 7.12. The standard InChI is InChI=1S/C15H17NO2S2/c1-2-18-15(17)11-6-3-7-12-14(11)16-13(20-12)9-10-5-4-8-19-10/h4-5,8,11H,2-3,6-7,9H2,1H3. The molecule has 1 aliphatic carbocycles. The fraction of sp³-hybridized carbons (Fsp3) is 0.467. The van der Waals surface area contributed by atoms with E-state index in [-0.39, 0.29) is 11.9 Å². The molecule has 1 aliphatic rings. The number of hydrogen-bond donors (Lipinski definition) is 0. The molecule has 20 heavy (non-hydrogen) atoms. The van der Waals surface area contributed by atoms with Gasteiger partial charge in [0.05, 0.1) is 17.3 Å². The lowest BCUT2D eigenvalue weighted by atomic mass is 9.91. The van der Waals surface area contributed by atoms with Crippen LogP contribution >= 0.6 is 22.7 Å². The van der Waals surface area contributed by atoms with Gasteiger partial charge in [-0.2, -0.15) is 0 Å². The highest BCUT2D eigenvalue weighted by atomic mass is 32.1. The summed E-state index contributed by atoms with van der Waals surface area (Å²) in [6.07, 6.45) is 3.85. The zero-order chi connectivity index (χ0) is 13.9. The molecule has 3 nitrogen and oxygen atoms in total. The highest BCUT2D eigenvalue weighted by Gasteiger charge is 2.31. The van der Waals surface area contributed by atoms with Crippen molar-refractivity contribution in [2.45, 2.75) is 38.5 Å². The van der Waals surface area contributed by atoms with Crippen LogP contribution in [0.2, 0.25) is 0 Å². The SMILES string of the molecule is CCOC(=O)C1CCCc2sc(Cc3cccs3)nc21. The molecule has 0 saturated heterocycles. The molecule has 0 fully saturated rings. The number of ether oxygens (including phenoxy) is 1. The van der Waals surface area contributed by atoms with E-state index in [1.807, 2.05) is 6.92 Å². The van der Waals surface area contributed by atoms with Crippen LogP contribution in [0.1, 0.15) is 46.1 Å². The number of carbonyl (C=O) groups excluding carboxylic acids is 1. The Hall–Kier alpha value is -1.20. The van der Waals surface area contributed by atoms with Crippen molar-refractivity contribution < 1.29 is 9.53 Å². The van der Waals surface area contributed by atoms with Crippen LogP contribution in [-0.4, -0.2) is 17.6 Å². The highest BCUT2D eigenvalue weighted by Crippen LogP contribution is 2.36. The molecule has 2 aromatic rings. The molecule has 1 unspecified atom stereocenters. The van der Waals surface area contributed by atoms with Gasteiger partial charge in [0.2, 0.25) is 0 Å². The monoisotopic (exact) mass is 307 g/mol. The average molecular weight is 307 g/mol. The van der Waals surface area contributed by atoms with Crippen molar-refractivity contribution in [3.63, 3.8) is 0 Å². The third kappa shape index (κ3) is 2.79. The number of esters is 1. The van der Waals surface area contributed by atoms with Crippen molar-refractivity contribution >= 4 is 28.6 Å². The fourth-order valence-corrected chi connectivity index (χ4v) is 4.57. The summed E-state index contributed by atoms with van der Waals surface area (Å²) in [5, 5.41) is 3.21. The molecular formula is C15H17NO2S2. The number of rotatable bonds is 4. The predicted molar refractivity (Wildman–Crippen MR) is 81.6 cm³/mol. The first-order valence-electron chi connectivity index (χ1n) is 6.95. The Labute approximate surface area is 126 Å². The van der Waals surface area contributed by atoms with Gasteiger partial charge in [-0.15, -0.1) is 22.7 Å². The largest absolute Gasteiger partial charge is 0.465 e.